The number of carbonyl (C=O) groups is 2. The maximum absolute atomic E-state index is 14.7. The van der Waals surface area contributed by atoms with Crippen LogP contribution in [0.15, 0.2) is 112 Å². The quantitative estimate of drug-likeness (QED) is 0.176. The van der Waals surface area contributed by atoms with Crippen LogP contribution in [0.4, 0.5) is 5.69 Å². The molecule has 2 amide bonds. The van der Waals surface area contributed by atoms with E-state index in [9.17, 15) is 18.0 Å². The Morgan fingerprint density at radius 1 is 0.830 bits per heavy atom. The molecule has 0 fully saturated rings. The Balaban J connectivity index is 1.87. The van der Waals surface area contributed by atoms with Gasteiger partial charge < -0.3 is 19.7 Å². The normalized spacial score (nSPS) is 12.1. The zero-order valence-corrected chi connectivity index (χ0v) is 29.5. The van der Waals surface area contributed by atoms with Gasteiger partial charge in [-0.1, -0.05) is 76.6 Å². The highest BCUT2D eigenvalue weighted by molar-refractivity contribution is 9.10. The summed E-state index contributed by atoms with van der Waals surface area (Å²) < 4.78 is 41.5. The molecule has 1 atom stereocenters. The Labute approximate surface area is 285 Å². The van der Waals surface area contributed by atoms with Gasteiger partial charge in [-0.3, -0.25) is 13.9 Å². The first-order valence-corrected chi connectivity index (χ1v) is 17.3. The minimum absolute atomic E-state index is 0.0107. The third-order valence-electron chi connectivity index (χ3n) is 7.30. The molecule has 1 N–H and O–H groups in total. The van der Waals surface area contributed by atoms with Gasteiger partial charge in [0.15, 0.2) is 0 Å². The zero-order valence-electron chi connectivity index (χ0n) is 27.1. The van der Waals surface area contributed by atoms with Crippen molar-refractivity contribution in [3.63, 3.8) is 0 Å². The Kier molecular flexibility index (Phi) is 11.7. The third kappa shape index (κ3) is 9.36. The number of ether oxygens (including phenoxy) is 2. The second kappa shape index (κ2) is 15.5. The van der Waals surface area contributed by atoms with E-state index in [1.165, 1.54) is 37.3 Å². The average molecular weight is 723 g/mol. The van der Waals surface area contributed by atoms with Gasteiger partial charge in [0, 0.05) is 29.0 Å². The van der Waals surface area contributed by atoms with Gasteiger partial charge in [0.2, 0.25) is 11.8 Å². The lowest BCUT2D eigenvalue weighted by Gasteiger charge is -2.35. The fourth-order valence-electron chi connectivity index (χ4n) is 5.02. The van der Waals surface area contributed by atoms with E-state index in [1.807, 2.05) is 75.4 Å². The molecule has 0 heterocycles. The maximum atomic E-state index is 14.7. The van der Waals surface area contributed by atoms with E-state index in [0.717, 1.165) is 19.9 Å². The van der Waals surface area contributed by atoms with Crippen LogP contribution >= 0.6 is 15.9 Å². The summed E-state index contributed by atoms with van der Waals surface area (Å²) in [5.41, 5.74) is 1.14. The van der Waals surface area contributed by atoms with Gasteiger partial charge in [0.05, 0.1) is 24.8 Å². The SMILES string of the molecule is COc1ccc(OC)c(N(CC(=O)N(Cc2ccc(Br)cc2)[C@H](Cc2ccccc2)C(=O)NC(C)(C)C)S(=O)(=O)c2ccccc2)c1. The highest BCUT2D eigenvalue weighted by Gasteiger charge is 2.36. The van der Waals surface area contributed by atoms with E-state index in [1.54, 1.807) is 30.3 Å². The number of methoxy groups -OCH3 is 2. The Morgan fingerprint density at radius 2 is 1.45 bits per heavy atom. The van der Waals surface area contributed by atoms with Crippen molar-refractivity contribution in [1.82, 2.24) is 10.2 Å². The molecule has 0 aliphatic carbocycles. The molecular formula is C36H40BrN3O6S. The van der Waals surface area contributed by atoms with Crippen LogP contribution in [0.25, 0.3) is 0 Å². The van der Waals surface area contributed by atoms with Gasteiger partial charge in [-0.15, -0.1) is 0 Å². The lowest BCUT2D eigenvalue weighted by molar-refractivity contribution is -0.140. The molecule has 11 heteroatoms. The summed E-state index contributed by atoms with van der Waals surface area (Å²) in [6, 6.07) is 28.5. The van der Waals surface area contributed by atoms with Crippen molar-refractivity contribution in [3.05, 3.63) is 119 Å². The number of nitrogens with one attached hydrogen (secondary N) is 1. The first-order chi connectivity index (χ1) is 22.3. The predicted octanol–water partition coefficient (Wildman–Crippen LogP) is 6.22. The molecule has 0 aliphatic heterocycles. The molecule has 0 saturated carbocycles. The Hall–Kier alpha value is -4.35. The number of sulfonamides is 1. The molecule has 0 radical (unpaired) electrons. The first-order valence-electron chi connectivity index (χ1n) is 15.0. The number of nitrogens with zero attached hydrogens (tertiary/aromatic N) is 2. The monoisotopic (exact) mass is 721 g/mol. The van der Waals surface area contributed by atoms with E-state index in [-0.39, 0.29) is 35.2 Å². The Bertz CT molecular complexity index is 1760. The molecule has 0 unspecified atom stereocenters. The highest BCUT2D eigenvalue weighted by Crippen LogP contribution is 2.36. The molecule has 4 aromatic rings. The molecule has 0 aromatic heterocycles. The number of anilines is 1. The summed E-state index contributed by atoms with van der Waals surface area (Å²) in [6.45, 7) is 5.04. The van der Waals surface area contributed by atoms with Crippen LogP contribution in [0.1, 0.15) is 31.9 Å². The number of hydrogen-bond acceptors (Lipinski definition) is 6. The highest BCUT2D eigenvalue weighted by atomic mass is 79.9. The summed E-state index contributed by atoms with van der Waals surface area (Å²) in [6.07, 6.45) is 0.207. The first kappa shape index (κ1) is 35.5. The summed E-state index contributed by atoms with van der Waals surface area (Å²) in [4.78, 5) is 30.2. The van der Waals surface area contributed by atoms with Crippen LogP contribution < -0.4 is 19.1 Å². The van der Waals surface area contributed by atoms with Crippen molar-refractivity contribution < 1.29 is 27.5 Å². The van der Waals surface area contributed by atoms with Crippen LogP contribution in [0.5, 0.6) is 11.5 Å². The molecule has 248 valence electrons. The number of benzene rings is 4. The number of carbonyl (C=O) groups excluding carboxylic acids is 2. The lowest BCUT2D eigenvalue weighted by atomic mass is 10.0. The molecule has 0 aliphatic rings. The van der Waals surface area contributed by atoms with Gasteiger partial charge in [0.25, 0.3) is 10.0 Å². The number of amides is 2. The second-order valence-corrected chi connectivity index (χ2v) is 14.7. The van der Waals surface area contributed by atoms with Gasteiger partial charge in [-0.05, 0) is 68.3 Å². The third-order valence-corrected chi connectivity index (χ3v) is 9.60. The fraction of sp³-hybridized carbons (Fsp3) is 0.278. The summed E-state index contributed by atoms with van der Waals surface area (Å²) in [5.74, 6) is -0.339. The largest absolute Gasteiger partial charge is 0.497 e. The van der Waals surface area contributed by atoms with Crippen molar-refractivity contribution >= 4 is 43.5 Å². The summed E-state index contributed by atoms with van der Waals surface area (Å²) >= 11 is 3.46. The van der Waals surface area contributed by atoms with Crippen molar-refractivity contribution in [2.75, 3.05) is 25.1 Å². The van der Waals surface area contributed by atoms with Crippen LogP contribution in [-0.4, -0.2) is 57.5 Å². The van der Waals surface area contributed by atoms with Crippen molar-refractivity contribution in [2.45, 2.75) is 50.2 Å². The van der Waals surface area contributed by atoms with E-state index < -0.39 is 34.1 Å². The molecular weight excluding hydrogens is 682 g/mol. The average Bonchev–Trinajstić information content (AvgIpc) is 3.05. The van der Waals surface area contributed by atoms with Gasteiger partial charge in [-0.2, -0.15) is 0 Å². The van der Waals surface area contributed by atoms with Crippen molar-refractivity contribution in [2.24, 2.45) is 0 Å². The minimum atomic E-state index is -4.31. The van der Waals surface area contributed by atoms with Crippen molar-refractivity contribution in [1.29, 1.82) is 0 Å². The van der Waals surface area contributed by atoms with Gasteiger partial charge in [-0.25, -0.2) is 8.42 Å². The molecule has 4 rings (SSSR count). The van der Waals surface area contributed by atoms with Gasteiger partial charge in [0.1, 0.15) is 24.1 Å². The topological polar surface area (TPSA) is 105 Å². The number of rotatable bonds is 13. The standard InChI is InChI=1S/C36H40BrN3O6S/c1-36(2,3)38-35(42)32(22-26-12-8-6-9-13-26)39(24-27-16-18-28(37)19-17-27)34(41)25-40(47(43,44)30-14-10-7-11-15-30)31-23-29(45-4)20-21-33(31)46-5/h6-21,23,32H,22,24-25H2,1-5H3,(H,38,42)/t32-/m1/s1. The maximum Gasteiger partial charge on any atom is 0.264 e. The zero-order chi connectivity index (χ0) is 34.2. The van der Waals surface area contributed by atoms with E-state index >= 15 is 0 Å². The van der Waals surface area contributed by atoms with Crippen LogP contribution in [0.3, 0.4) is 0 Å². The van der Waals surface area contributed by atoms with Gasteiger partial charge >= 0.3 is 0 Å². The second-order valence-electron chi connectivity index (χ2n) is 12.0. The lowest BCUT2D eigenvalue weighted by Crippen LogP contribution is -2.56. The van der Waals surface area contributed by atoms with E-state index in [2.05, 4.69) is 21.2 Å². The molecule has 0 saturated heterocycles. The molecule has 0 spiro atoms. The number of hydrogen-bond donors (Lipinski definition) is 1. The summed E-state index contributed by atoms with van der Waals surface area (Å²) in [5, 5.41) is 3.04. The van der Waals surface area contributed by atoms with Crippen LogP contribution in [-0.2, 0) is 32.6 Å². The smallest absolute Gasteiger partial charge is 0.264 e. The molecule has 0 bridgehead atoms. The van der Waals surface area contributed by atoms with E-state index in [0.29, 0.717) is 5.75 Å². The predicted molar refractivity (Wildman–Crippen MR) is 187 cm³/mol. The summed E-state index contributed by atoms with van der Waals surface area (Å²) in [7, 11) is -1.42. The van der Waals surface area contributed by atoms with Crippen molar-refractivity contribution in [3.8, 4) is 11.5 Å². The molecule has 4 aromatic carbocycles. The minimum Gasteiger partial charge on any atom is -0.497 e. The molecule has 47 heavy (non-hydrogen) atoms. The Morgan fingerprint density at radius 3 is 2.02 bits per heavy atom. The number of halogens is 1. The fourth-order valence-corrected chi connectivity index (χ4v) is 6.72. The van der Waals surface area contributed by atoms with Crippen LogP contribution in [0, 0.1) is 0 Å². The van der Waals surface area contributed by atoms with Crippen LogP contribution in [0.2, 0.25) is 0 Å². The van der Waals surface area contributed by atoms with E-state index in [4.69, 9.17) is 9.47 Å². The molecule has 9 nitrogen and oxygen atoms in total.